The van der Waals surface area contributed by atoms with E-state index in [-0.39, 0.29) is 0 Å². The van der Waals surface area contributed by atoms with Crippen molar-refractivity contribution >= 4 is 0 Å². The molecule has 2 rings (SSSR count). The van der Waals surface area contributed by atoms with Crippen LogP contribution in [-0.4, -0.2) is 6.04 Å². The summed E-state index contributed by atoms with van der Waals surface area (Å²) in [6.45, 7) is 6.99. The van der Waals surface area contributed by atoms with E-state index >= 15 is 0 Å². The number of rotatable bonds is 5. The Bertz CT molecular complexity index is 381. The highest BCUT2D eigenvalue weighted by atomic mass is 15.0. The highest BCUT2D eigenvalue weighted by Crippen LogP contribution is 2.29. The Morgan fingerprint density at radius 2 is 1.89 bits per heavy atom. The number of aryl methyl sites for hydroxylation is 1. The fourth-order valence-corrected chi connectivity index (χ4v) is 3.54. The van der Waals surface area contributed by atoms with Gasteiger partial charge < -0.3 is 5.32 Å². The molecule has 0 heterocycles. The fraction of sp³-hybridized carbons (Fsp3) is 0.667. The van der Waals surface area contributed by atoms with Gasteiger partial charge in [0.15, 0.2) is 0 Å². The maximum absolute atomic E-state index is 3.92. The molecular weight excluding hydrogens is 230 g/mol. The Kier molecular flexibility index (Phi) is 5.45. The van der Waals surface area contributed by atoms with Crippen LogP contribution >= 0.6 is 0 Å². The monoisotopic (exact) mass is 259 g/mol. The molecule has 0 fully saturated rings. The van der Waals surface area contributed by atoms with E-state index in [0.717, 1.165) is 5.92 Å². The van der Waals surface area contributed by atoms with E-state index in [9.17, 15) is 0 Å². The largest absolute Gasteiger partial charge is 0.307 e. The van der Waals surface area contributed by atoms with Crippen LogP contribution in [0.15, 0.2) is 24.3 Å². The quantitative estimate of drug-likeness (QED) is 0.744. The van der Waals surface area contributed by atoms with Crippen molar-refractivity contribution < 1.29 is 0 Å². The smallest absolute Gasteiger partial charge is 0.0325 e. The van der Waals surface area contributed by atoms with Crippen molar-refractivity contribution in [2.24, 2.45) is 5.92 Å². The Morgan fingerprint density at radius 3 is 2.63 bits per heavy atom. The Labute approximate surface area is 118 Å². The minimum absolute atomic E-state index is 0.564. The molecule has 0 amide bonds. The van der Waals surface area contributed by atoms with Gasteiger partial charge in [0.1, 0.15) is 0 Å². The molecule has 2 atom stereocenters. The summed E-state index contributed by atoms with van der Waals surface area (Å²) < 4.78 is 0. The number of nitrogens with one attached hydrogen (secondary N) is 1. The zero-order chi connectivity index (χ0) is 13.7. The van der Waals surface area contributed by atoms with E-state index in [1.807, 2.05) is 0 Å². The lowest BCUT2D eigenvalue weighted by Gasteiger charge is -2.29. The normalized spacial score (nSPS) is 20.9. The molecule has 1 heteroatoms. The molecule has 0 aliphatic heterocycles. The molecule has 0 spiro atoms. The van der Waals surface area contributed by atoms with Gasteiger partial charge >= 0.3 is 0 Å². The molecule has 0 bridgehead atoms. The molecule has 0 saturated heterocycles. The summed E-state index contributed by atoms with van der Waals surface area (Å²) in [7, 11) is 0. The lowest BCUT2D eigenvalue weighted by atomic mass is 9.92. The van der Waals surface area contributed by atoms with Crippen molar-refractivity contribution in [3.05, 3.63) is 35.4 Å². The molecule has 0 aromatic heterocycles. The minimum atomic E-state index is 0.564. The van der Waals surface area contributed by atoms with Crippen molar-refractivity contribution in [1.82, 2.24) is 5.32 Å². The van der Waals surface area contributed by atoms with Crippen LogP contribution in [0.1, 0.15) is 70.0 Å². The highest BCUT2D eigenvalue weighted by Gasteiger charge is 2.22. The van der Waals surface area contributed by atoms with E-state index in [1.54, 1.807) is 11.1 Å². The van der Waals surface area contributed by atoms with Gasteiger partial charge in [-0.15, -0.1) is 0 Å². The Morgan fingerprint density at radius 1 is 1.16 bits per heavy atom. The van der Waals surface area contributed by atoms with E-state index in [2.05, 4.69) is 50.4 Å². The topological polar surface area (TPSA) is 12.0 Å². The van der Waals surface area contributed by atoms with Gasteiger partial charge in [0.05, 0.1) is 0 Å². The first kappa shape index (κ1) is 14.6. The van der Waals surface area contributed by atoms with Crippen LogP contribution in [0, 0.1) is 5.92 Å². The molecule has 0 saturated carbocycles. The van der Waals surface area contributed by atoms with Gasteiger partial charge in [-0.05, 0) is 43.2 Å². The zero-order valence-corrected chi connectivity index (χ0v) is 12.8. The molecule has 0 radical (unpaired) electrons. The van der Waals surface area contributed by atoms with Crippen molar-refractivity contribution in [2.75, 3.05) is 0 Å². The third kappa shape index (κ3) is 3.60. The molecule has 1 aliphatic carbocycles. The summed E-state index contributed by atoms with van der Waals surface area (Å²) in [4.78, 5) is 0. The van der Waals surface area contributed by atoms with E-state index in [4.69, 9.17) is 0 Å². The first-order valence-electron chi connectivity index (χ1n) is 8.10. The number of benzene rings is 1. The summed E-state index contributed by atoms with van der Waals surface area (Å²) in [5.74, 6) is 0.801. The van der Waals surface area contributed by atoms with E-state index in [1.165, 1.54) is 38.5 Å². The molecule has 1 aliphatic rings. The van der Waals surface area contributed by atoms with Crippen molar-refractivity contribution in [1.29, 1.82) is 0 Å². The Balaban J connectivity index is 2.11. The molecule has 19 heavy (non-hydrogen) atoms. The number of fused-ring (bicyclic) bond motifs is 1. The standard InChI is InChI=1S/C18H29N/c1-4-15(5-2)14(3)19-18-13-9-7-11-16-10-6-8-12-17(16)18/h6,8,10,12,14-15,18-19H,4-5,7,9,11,13H2,1-3H3. The van der Waals surface area contributed by atoms with Gasteiger partial charge in [-0.3, -0.25) is 0 Å². The molecular formula is C18H29N. The third-order valence-corrected chi connectivity index (χ3v) is 4.84. The maximum Gasteiger partial charge on any atom is 0.0325 e. The van der Waals surface area contributed by atoms with Crippen LogP contribution < -0.4 is 5.32 Å². The summed E-state index contributed by atoms with van der Waals surface area (Å²) in [5, 5.41) is 3.92. The second-order valence-electron chi connectivity index (χ2n) is 6.03. The van der Waals surface area contributed by atoms with Gasteiger partial charge in [-0.1, -0.05) is 57.4 Å². The van der Waals surface area contributed by atoms with Crippen LogP contribution in [0.25, 0.3) is 0 Å². The minimum Gasteiger partial charge on any atom is -0.307 e. The van der Waals surface area contributed by atoms with Crippen LogP contribution in [0.5, 0.6) is 0 Å². The second kappa shape index (κ2) is 7.09. The predicted octanol–water partition coefficient (Wildman–Crippen LogP) is 4.87. The summed E-state index contributed by atoms with van der Waals surface area (Å²) >= 11 is 0. The Hall–Kier alpha value is -0.820. The van der Waals surface area contributed by atoms with Crippen LogP contribution in [0.3, 0.4) is 0 Å². The van der Waals surface area contributed by atoms with Crippen molar-refractivity contribution in [3.63, 3.8) is 0 Å². The summed E-state index contributed by atoms with van der Waals surface area (Å²) in [6.07, 6.45) is 7.80. The van der Waals surface area contributed by atoms with E-state index in [0.29, 0.717) is 12.1 Å². The average molecular weight is 259 g/mol. The lowest BCUT2D eigenvalue weighted by Crippen LogP contribution is -2.36. The molecule has 106 valence electrons. The summed E-state index contributed by atoms with van der Waals surface area (Å²) in [5.41, 5.74) is 3.12. The summed E-state index contributed by atoms with van der Waals surface area (Å²) in [6, 6.07) is 10.2. The molecule has 1 N–H and O–H groups in total. The first-order valence-corrected chi connectivity index (χ1v) is 8.10. The average Bonchev–Trinajstić information content (AvgIpc) is 2.63. The fourth-order valence-electron chi connectivity index (χ4n) is 3.54. The molecule has 1 aromatic rings. The van der Waals surface area contributed by atoms with Gasteiger partial charge in [0, 0.05) is 12.1 Å². The SMILES string of the molecule is CCC(CC)C(C)NC1CCCCc2ccccc21. The van der Waals surface area contributed by atoms with E-state index < -0.39 is 0 Å². The molecule has 2 unspecified atom stereocenters. The van der Waals surface area contributed by atoms with Gasteiger partial charge in [0.2, 0.25) is 0 Å². The van der Waals surface area contributed by atoms with Crippen LogP contribution in [-0.2, 0) is 6.42 Å². The second-order valence-corrected chi connectivity index (χ2v) is 6.03. The van der Waals surface area contributed by atoms with Gasteiger partial charge in [-0.2, -0.15) is 0 Å². The van der Waals surface area contributed by atoms with Crippen LogP contribution in [0.4, 0.5) is 0 Å². The molecule has 1 aromatic carbocycles. The third-order valence-electron chi connectivity index (χ3n) is 4.84. The maximum atomic E-state index is 3.92. The van der Waals surface area contributed by atoms with Crippen LogP contribution in [0.2, 0.25) is 0 Å². The van der Waals surface area contributed by atoms with Crippen molar-refractivity contribution in [3.8, 4) is 0 Å². The predicted molar refractivity (Wildman–Crippen MR) is 83.4 cm³/mol. The first-order chi connectivity index (χ1) is 9.26. The zero-order valence-electron chi connectivity index (χ0n) is 12.8. The molecule has 1 nitrogen and oxygen atoms in total. The van der Waals surface area contributed by atoms with Gasteiger partial charge in [0.25, 0.3) is 0 Å². The highest BCUT2D eigenvalue weighted by molar-refractivity contribution is 5.31. The van der Waals surface area contributed by atoms with Gasteiger partial charge in [-0.25, -0.2) is 0 Å². The number of hydrogen-bond donors (Lipinski definition) is 1. The lowest BCUT2D eigenvalue weighted by molar-refractivity contribution is 0.314. The number of hydrogen-bond acceptors (Lipinski definition) is 1. The van der Waals surface area contributed by atoms with Crippen molar-refractivity contribution in [2.45, 2.75) is 71.4 Å².